The van der Waals surface area contributed by atoms with Gasteiger partial charge in [0, 0.05) is 12.0 Å². The van der Waals surface area contributed by atoms with E-state index in [-0.39, 0.29) is 18.2 Å². The van der Waals surface area contributed by atoms with Crippen LogP contribution < -0.4 is 4.74 Å². The third kappa shape index (κ3) is 3.57. The molecular weight excluding hydrogens is 300 g/mol. The van der Waals surface area contributed by atoms with Crippen molar-refractivity contribution in [3.8, 4) is 5.75 Å². The fourth-order valence-electron chi connectivity index (χ4n) is 1.52. The topological polar surface area (TPSA) is 52.6 Å². The minimum absolute atomic E-state index is 0.101. The minimum atomic E-state index is -0.441. The van der Waals surface area contributed by atoms with Crippen LogP contribution >= 0.6 is 15.9 Å². The zero-order valence-electron chi connectivity index (χ0n) is 10.5. The van der Waals surface area contributed by atoms with Gasteiger partial charge in [-0.05, 0) is 34.1 Å². The van der Waals surface area contributed by atoms with Crippen molar-refractivity contribution in [2.45, 2.75) is 13.3 Å². The SMILES string of the molecule is COC(=O)C(C)CC(=O)c1ccc(OC)c(Br)c1. The van der Waals surface area contributed by atoms with E-state index in [1.165, 1.54) is 7.11 Å². The monoisotopic (exact) mass is 314 g/mol. The summed E-state index contributed by atoms with van der Waals surface area (Å²) < 4.78 is 10.4. The Labute approximate surface area is 114 Å². The van der Waals surface area contributed by atoms with E-state index in [0.29, 0.717) is 15.8 Å². The quantitative estimate of drug-likeness (QED) is 0.619. The molecule has 1 unspecified atom stereocenters. The highest BCUT2D eigenvalue weighted by atomic mass is 79.9. The van der Waals surface area contributed by atoms with Crippen molar-refractivity contribution in [1.29, 1.82) is 0 Å². The van der Waals surface area contributed by atoms with E-state index >= 15 is 0 Å². The van der Waals surface area contributed by atoms with Crippen molar-refractivity contribution < 1.29 is 19.1 Å². The van der Waals surface area contributed by atoms with Gasteiger partial charge in [0.15, 0.2) is 5.78 Å². The van der Waals surface area contributed by atoms with Crippen molar-refractivity contribution in [3.05, 3.63) is 28.2 Å². The van der Waals surface area contributed by atoms with Crippen LogP contribution in [0.3, 0.4) is 0 Å². The molecule has 1 atom stereocenters. The summed E-state index contributed by atoms with van der Waals surface area (Å²) in [4.78, 5) is 23.2. The Kier molecular flexibility index (Phi) is 5.34. The highest BCUT2D eigenvalue weighted by Gasteiger charge is 2.19. The standard InChI is InChI=1S/C13H15BrO4/c1-8(13(16)18-3)6-11(15)9-4-5-12(17-2)10(14)7-9/h4-5,7-8H,6H2,1-3H3. The van der Waals surface area contributed by atoms with E-state index in [1.807, 2.05) is 0 Å². The summed E-state index contributed by atoms with van der Waals surface area (Å²) in [6.07, 6.45) is 0.130. The lowest BCUT2D eigenvalue weighted by molar-refractivity contribution is -0.144. The first-order valence-corrected chi connectivity index (χ1v) is 6.23. The van der Waals surface area contributed by atoms with Crippen molar-refractivity contribution in [2.75, 3.05) is 14.2 Å². The minimum Gasteiger partial charge on any atom is -0.496 e. The average Bonchev–Trinajstić information content (AvgIpc) is 2.37. The van der Waals surface area contributed by atoms with E-state index in [1.54, 1.807) is 32.2 Å². The lowest BCUT2D eigenvalue weighted by atomic mass is 10.00. The fraction of sp³-hybridized carbons (Fsp3) is 0.385. The Bertz CT molecular complexity index is 456. The zero-order chi connectivity index (χ0) is 13.7. The number of carbonyl (C=O) groups excluding carboxylic acids is 2. The van der Waals surface area contributed by atoms with Gasteiger partial charge in [0.2, 0.25) is 0 Å². The highest BCUT2D eigenvalue weighted by Crippen LogP contribution is 2.26. The molecule has 0 saturated carbocycles. The predicted molar refractivity (Wildman–Crippen MR) is 70.8 cm³/mol. The number of hydrogen-bond donors (Lipinski definition) is 0. The molecule has 0 aliphatic rings. The molecule has 0 saturated heterocycles. The van der Waals surface area contributed by atoms with Crippen molar-refractivity contribution in [3.63, 3.8) is 0 Å². The van der Waals surface area contributed by atoms with E-state index in [4.69, 9.17) is 4.74 Å². The predicted octanol–water partition coefficient (Wildman–Crippen LogP) is 2.84. The number of halogens is 1. The van der Waals surface area contributed by atoms with Gasteiger partial charge >= 0.3 is 5.97 Å². The largest absolute Gasteiger partial charge is 0.496 e. The van der Waals surface area contributed by atoms with Crippen molar-refractivity contribution in [1.82, 2.24) is 0 Å². The Hall–Kier alpha value is -1.36. The highest BCUT2D eigenvalue weighted by molar-refractivity contribution is 9.10. The summed E-state index contributed by atoms with van der Waals surface area (Å²) >= 11 is 3.32. The van der Waals surface area contributed by atoms with E-state index in [2.05, 4.69) is 20.7 Å². The van der Waals surface area contributed by atoms with Crippen molar-refractivity contribution >= 4 is 27.7 Å². The van der Waals surface area contributed by atoms with Crippen LogP contribution in [-0.2, 0) is 9.53 Å². The normalized spacial score (nSPS) is 11.8. The van der Waals surface area contributed by atoms with E-state index in [9.17, 15) is 9.59 Å². The van der Waals surface area contributed by atoms with Crippen LogP contribution in [0.2, 0.25) is 0 Å². The van der Waals surface area contributed by atoms with Crippen LogP contribution in [0.1, 0.15) is 23.7 Å². The molecule has 1 aromatic carbocycles. The summed E-state index contributed by atoms with van der Waals surface area (Å²) in [6, 6.07) is 5.07. The molecule has 0 spiro atoms. The van der Waals surface area contributed by atoms with Crippen LogP contribution in [0, 0.1) is 5.92 Å². The summed E-state index contributed by atoms with van der Waals surface area (Å²) in [7, 11) is 2.87. The van der Waals surface area contributed by atoms with Gasteiger partial charge in [-0.15, -0.1) is 0 Å². The van der Waals surface area contributed by atoms with Crippen LogP contribution in [0.4, 0.5) is 0 Å². The van der Waals surface area contributed by atoms with Gasteiger partial charge < -0.3 is 9.47 Å². The molecular formula is C13H15BrO4. The molecule has 4 nitrogen and oxygen atoms in total. The molecule has 5 heteroatoms. The van der Waals surface area contributed by atoms with Crippen molar-refractivity contribution in [2.24, 2.45) is 5.92 Å². The van der Waals surface area contributed by atoms with Gasteiger partial charge in [-0.3, -0.25) is 9.59 Å². The van der Waals surface area contributed by atoms with Gasteiger partial charge in [0.25, 0.3) is 0 Å². The number of benzene rings is 1. The molecule has 0 amide bonds. The van der Waals surface area contributed by atoms with Crippen LogP contribution in [-0.4, -0.2) is 26.0 Å². The molecule has 0 radical (unpaired) electrons. The average molecular weight is 315 g/mol. The number of carbonyl (C=O) groups is 2. The number of Topliss-reactive ketones (excluding diaryl/α,β-unsaturated/α-hetero) is 1. The molecule has 0 aliphatic heterocycles. The first-order chi connectivity index (χ1) is 8.49. The summed E-state index contributed by atoms with van der Waals surface area (Å²) in [5.41, 5.74) is 0.540. The van der Waals surface area contributed by atoms with Gasteiger partial charge in [0.05, 0.1) is 24.6 Å². The Morgan fingerprint density at radius 2 is 2.00 bits per heavy atom. The molecule has 0 aliphatic carbocycles. The second-order valence-corrected chi connectivity index (χ2v) is 4.76. The lowest BCUT2D eigenvalue weighted by Crippen LogP contribution is -2.16. The van der Waals surface area contributed by atoms with Gasteiger partial charge in [-0.1, -0.05) is 6.92 Å². The van der Waals surface area contributed by atoms with Crippen LogP contribution in [0.25, 0.3) is 0 Å². The molecule has 0 N–H and O–H groups in total. The maximum absolute atomic E-state index is 12.0. The summed E-state index contributed by atoms with van der Waals surface area (Å²) in [5.74, 6) is -0.261. The molecule has 98 valence electrons. The molecule has 0 bridgehead atoms. The zero-order valence-corrected chi connectivity index (χ0v) is 12.1. The molecule has 0 fully saturated rings. The Morgan fingerprint density at radius 3 is 2.50 bits per heavy atom. The molecule has 1 aromatic rings. The van der Waals surface area contributed by atoms with E-state index < -0.39 is 5.92 Å². The number of rotatable bonds is 5. The second kappa shape index (κ2) is 6.54. The van der Waals surface area contributed by atoms with Crippen LogP contribution in [0.5, 0.6) is 5.75 Å². The molecule has 18 heavy (non-hydrogen) atoms. The van der Waals surface area contributed by atoms with Gasteiger partial charge in [-0.25, -0.2) is 0 Å². The summed E-state index contributed by atoms with van der Waals surface area (Å²) in [6.45, 7) is 1.67. The molecule has 0 heterocycles. The number of esters is 1. The molecule has 0 aromatic heterocycles. The third-order valence-electron chi connectivity index (χ3n) is 2.57. The maximum Gasteiger partial charge on any atom is 0.308 e. The number of methoxy groups -OCH3 is 2. The number of ketones is 1. The lowest BCUT2D eigenvalue weighted by Gasteiger charge is -2.09. The van der Waals surface area contributed by atoms with Crippen LogP contribution in [0.15, 0.2) is 22.7 Å². The second-order valence-electron chi connectivity index (χ2n) is 3.90. The fourth-order valence-corrected chi connectivity index (χ4v) is 2.06. The smallest absolute Gasteiger partial charge is 0.308 e. The number of hydrogen-bond acceptors (Lipinski definition) is 4. The number of ether oxygens (including phenoxy) is 2. The first-order valence-electron chi connectivity index (χ1n) is 5.44. The Morgan fingerprint density at radius 1 is 1.33 bits per heavy atom. The first kappa shape index (κ1) is 14.7. The third-order valence-corrected chi connectivity index (χ3v) is 3.19. The summed E-state index contributed by atoms with van der Waals surface area (Å²) in [5, 5.41) is 0. The van der Waals surface area contributed by atoms with Gasteiger partial charge in [0.1, 0.15) is 5.75 Å². The van der Waals surface area contributed by atoms with E-state index in [0.717, 1.165) is 0 Å². The maximum atomic E-state index is 12.0. The van der Waals surface area contributed by atoms with Gasteiger partial charge in [-0.2, -0.15) is 0 Å². The molecule has 1 rings (SSSR count). The Balaban J connectivity index is 2.79.